The molecule has 11 nitrogen and oxygen atoms in total. The molecule has 196 valence electrons. The molecule has 0 atom stereocenters. The molecule has 0 aliphatic carbocycles. The van der Waals surface area contributed by atoms with Gasteiger partial charge in [0.25, 0.3) is 5.56 Å². The first-order valence-electron chi connectivity index (χ1n) is 11.9. The van der Waals surface area contributed by atoms with Crippen LogP contribution in [-0.2, 0) is 16.9 Å². The number of carbonyl (C=O) groups is 1. The SMILES string of the molecule is Cc1c(C(N)=O)cccc1-c1cc(Nc2ccc(N3CCN(CCS(C)(=O)=O)CC3)nn2)c(=O)n(C)c1. The van der Waals surface area contributed by atoms with Gasteiger partial charge in [-0.15, -0.1) is 10.2 Å². The molecular formula is C25H31N7O4S. The zero-order chi connectivity index (χ0) is 26.7. The van der Waals surface area contributed by atoms with Crippen LogP contribution >= 0.6 is 0 Å². The van der Waals surface area contributed by atoms with Crippen LogP contribution in [0.25, 0.3) is 11.1 Å². The minimum Gasteiger partial charge on any atom is -0.366 e. The molecule has 1 aliphatic heterocycles. The number of sulfone groups is 1. The fraction of sp³-hybridized carbons (Fsp3) is 0.360. The highest BCUT2D eigenvalue weighted by Gasteiger charge is 2.19. The summed E-state index contributed by atoms with van der Waals surface area (Å²) < 4.78 is 24.3. The van der Waals surface area contributed by atoms with E-state index in [1.807, 2.05) is 19.1 Å². The van der Waals surface area contributed by atoms with Crippen molar-refractivity contribution in [3.05, 3.63) is 64.1 Å². The Morgan fingerprint density at radius 1 is 1.11 bits per heavy atom. The summed E-state index contributed by atoms with van der Waals surface area (Å²) in [6.07, 6.45) is 2.97. The van der Waals surface area contributed by atoms with Crippen LogP contribution in [0.5, 0.6) is 0 Å². The van der Waals surface area contributed by atoms with Gasteiger partial charge in [0.15, 0.2) is 11.6 Å². The number of nitrogens with two attached hydrogens (primary N) is 1. The highest BCUT2D eigenvalue weighted by Crippen LogP contribution is 2.27. The van der Waals surface area contributed by atoms with Crippen molar-refractivity contribution in [3.63, 3.8) is 0 Å². The first-order valence-corrected chi connectivity index (χ1v) is 13.9. The van der Waals surface area contributed by atoms with E-state index in [1.165, 1.54) is 10.8 Å². The molecule has 4 rings (SSSR count). The first kappa shape index (κ1) is 26.3. The first-order chi connectivity index (χ1) is 17.5. The lowest BCUT2D eigenvalue weighted by atomic mass is 9.97. The molecule has 2 aromatic heterocycles. The van der Waals surface area contributed by atoms with Crippen LogP contribution in [0.1, 0.15) is 15.9 Å². The Kier molecular flexibility index (Phi) is 7.60. The van der Waals surface area contributed by atoms with Crippen LogP contribution in [0.3, 0.4) is 0 Å². The molecule has 3 heterocycles. The van der Waals surface area contributed by atoms with Gasteiger partial charge in [0.2, 0.25) is 5.91 Å². The van der Waals surface area contributed by atoms with Crippen molar-refractivity contribution in [2.75, 3.05) is 54.9 Å². The number of pyridine rings is 1. The highest BCUT2D eigenvalue weighted by atomic mass is 32.2. The highest BCUT2D eigenvalue weighted by molar-refractivity contribution is 7.90. The van der Waals surface area contributed by atoms with Crippen LogP contribution in [0, 0.1) is 6.92 Å². The summed E-state index contributed by atoms with van der Waals surface area (Å²) in [5.41, 5.74) is 8.31. The number of hydrogen-bond acceptors (Lipinski definition) is 9. The van der Waals surface area contributed by atoms with E-state index < -0.39 is 15.7 Å². The molecular weight excluding hydrogens is 494 g/mol. The summed E-state index contributed by atoms with van der Waals surface area (Å²) >= 11 is 0. The number of rotatable bonds is 8. The zero-order valence-corrected chi connectivity index (χ0v) is 22.0. The predicted octanol–water partition coefficient (Wildman–Crippen LogP) is 1.16. The van der Waals surface area contributed by atoms with Gasteiger partial charge in [-0.2, -0.15) is 0 Å². The minimum atomic E-state index is -2.98. The fourth-order valence-corrected chi connectivity index (χ4v) is 4.95. The monoisotopic (exact) mass is 525 g/mol. The smallest absolute Gasteiger partial charge is 0.274 e. The summed E-state index contributed by atoms with van der Waals surface area (Å²) in [5.74, 6) is 0.790. The van der Waals surface area contributed by atoms with Crippen molar-refractivity contribution in [3.8, 4) is 11.1 Å². The van der Waals surface area contributed by atoms with E-state index in [9.17, 15) is 18.0 Å². The Morgan fingerprint density at radius 2 is 1.84 bits per heavy atom. The van der Waals surface area contributed by atoms with Crippen molar-refractivity contribution in [1.82, 2.24) is 19.7 Å². The van der Waals surface area contributed by atoms with Gasteiger partial charge in [0.05, 0.1) is 5.75 Å². The van der Waals surface area contributed by atoms with Crippen molar-refractivity contribution in [2.24, 2.45) is 12.8 Å². The zero-order valence-electron chi connectivity index (χ0n) is 21.1. The summed E-state index contributed by atoms with van der Waals surface area (Å²) in [7, 11) is -1.32. The van der Waals surface area contributed by atoms with Crippen LogP contribution in [0.4, 0.5) is 17.3 Å². The van der Waals surface area contributed by atoms with E-state index in [0.717, 1.165) is 42.9 Å². The molecule has 0 radical (unpaired) electrons. The predicted molar refractivity (Wildman–Crippen MR) is 144 cm³/mol. The largest absolute Gasteiger partial charge is 0.366 e. The van der Waals surface area contributed by atoms with E-state index in [4.69, 9.17) is 5.73 Å². The summed E-state index contributed by atoms with van der Waals surface area (Å²) in [5, 5.41) is 11.7. The number of anilines is 3. The van der Waals surface area contributed by atoms with Crippen LogP contribution in [0.2, 0.25) is 0 Å². The third-order valence-electron chi connectivity index (χ3n) is 6.48. The quantitative estimate of drug-likeness (QED) is 0.443. The van der Waals surface area contributed by atoms with Gasteiger partial charge in [0.1, 0.15) is 15.5 Å². The Balaban J connectivity index is 1.48. The maximum absolute atomic E-state index is 12.8. The number of nitrogens with zero attached hydrogens (tertiary/aromatic N) is 5. The maximum atomic E-state index is 12.8. The lowest BCUT2D eigenvalue weighted by Gasteiger charge is -2.35. The second kappa shape index (κ2) is 10.7. The number of primary amides is 1. The molecule has 12 heteroatoms. The van der Waals surface area contributed by atoms with Crippen LogP contribution in [0.15, 0.2) is 47.4 Å². The van der Waals surface area contributed by atoms with Crippen LogP contribution in [-0.4, -0.2) is 78.7 Å². The third-order valence-corrected chi connectivity index (χ3v) is 7.41. The Morgan fingerprint density at radius 3 is 2.46 bits per heavy atom. The number of aromatic nitrogens is 3. The Bertz CT molecular complexity index is 1460. The van der Waals surface area contributed by atoms with Gasteiger partial charge in [-0.3, -0.25) is 14.5 Å². The lowest BCUT2D eigenvalue weighted by Crippen LogP contribution is -2.47. The van der Waals surface area contributed by atoms with Crippen molar-refractivity contribution in [2.45, 2.75) is 6.92 Å². The summed E-state index contributed by atoms with van der Waals surface area (Å²) in [6.45, 7) is 5.28. The number of carbonyl (C=O) groups excluding carboxylic acids is 1. The Hall–Kier alpha value is -3.77. The molecule has 3 aromatic rings. The molecule has 1 saturated heterocycles. The van der Waals surface area contributed by atoms with Crippen LogP contribution < -0.4 is 21.5 Å². The molecule has 3 N–H and O–H groups in total. The number of hydrogen-bond donors (Lipinski definition) is 2. The average molecular weight is 526 g/mol. The van der Waals surface area contributed by atoms with Gasteiger partial charge in [-0.25, -0.2) is 8.42 Å². The molecule has 0 unspecified atom stereocenters. The molecule has 1 aromatic carbocycles. The number of amides is 1. The number of aryl methyl sites for hydroxylation is 1. The van der Waals surface area contributed by atoms with E-state index in [-0.39, 0.29) is 11.3 Å². The fourth-order valence-electron chi connectivity index (χ4n) is 4.36. The molecule has 1 fully saturated rings. The second-order valence-electron chi connectivity index (χ2n) is 9.26. The standard InChI is InChI=1S/C25H31N7O4S/c1-17-19(5-4-6-20(17)24(26)33)18-15-21(25(34)30(2)16-18)27-22-7-8-23(29-28-22)32-11-9-31(10-12-32)13-14-37(3,35)36/h4-8,15-16H,9-14H2,1-3H3,(H2,26,33)(H,27,28). The normalized spacial score (nSPS) is 14.5. The van der Waals surface area contributed by atoms with E-state index in [2.05, 4.69) is 25.3 Å². The molecule has 1 aliphatic rings. The van der Waals surface area contributed by atoms with Gasteiger partial charge in [-0.05, 0) is 42.3 Å². The van der Waals surface area contributed by atoms with E-state index in [1.54, 1.807) is 37.5 Å². The average Bonchev–Trinajstić information content (AvgIpc) is 2.86. The topological polar surface area (TPSA) is 144 Å². The van der Waals surface area contributed by atoms with Gasteiger partial charge in [0, 0.05) is 63.4 Å². The lowest BCUT2D eigenvalue weighted by molar-refractivity contribution is 0.0999. The third kappa shape index (κ3) is 6.33. The van der Waals surface area contributed by atoms with Crippen molar-refractivity contribution >= 4 is 33.1 Å². The molecule has 1 amide bonds. The number of benzene rings is 1. The number of piperazine rings is 1. The molecule has 0 bridgehead atoms. The van der Waals surface area contributed by atoms with Gasteiger partial charge in [-0.1, -0.05) is 12.1 Å². The Labute approximate surface area is 215 Å². The van der Waals surface area contributed by atoms with Crippen molar-refractivity contribution < 1.29 is 13.2 Å². The number of nitrogens with one attached hydrogen (secondary N) is 1. The maximum Gasteiger partial charge on any atom is 0.274 e. The van der Waals surface area contributed by atoms with E-state index in [0.29, 0.717) is 29.4 Å². The molecule has 0 saturated carbocycles. The summed E-state index contributed by atoms with van der Waals surface area (Å²) in [6, 6.07) is 10.6. The summed E-state index contributed by atoms with van der Waals surface area (Å²) in [4.78, 5) is 28.8. The molecule has 0 spiro atoms. The van der Waals surface area contributed by atoms with Crippen molar-refractivity contribution in [1.29, 1.82) is 0 Å². The van der Waals surface area contributed by atoms with E-state index >= 15 is 0 Å². The second-order valence-corrected chi connectivity index (χ2v) is 11.5. The van der Waals surface area contributed by atoms with Gasteiger partial charge >= 0.3 is 0 Å². The molecule has 37 heavy (non-hydrogen) atoms. The minimum absolute atomic E-state index is 0.157. The van der Waals surface area contributed by atoms with Gasteiger partial charge < -0.3 is 20.5 Å².